The first-order valence-corrected chi connectivity index (χ1v) is 6.93. The molecule has 0 saturated heterocycles. The van der Waals surface area contributed by atoms with Crippen molar-refractivity contribution in [1.29, 1.82) is 0 Å². The van der Waals surface area contributed by atoms with E-state index in [4.69, 9.17) is 5.73 Å². The SMILES string of the molecule is NC(Cc1cc(Br)ccc1F)c1ccc(C(F)(F)F)cc1. The van der Waals surface area contributed by atoms with Gasteiger partial charge in [0.2, 0.25) is 0 Å². The van der Waals surface area contributed by atoms with Crippen LogP contribution in [0, 0.1) is 5.82 Å². The van der Waals surface area contributed by atoms with Crippen molar-refractivity contribution in [3.63, 3.8) is 0 Å². The van der Waals surface area contributed by atoms with Gasteiger partial charge in [-0.05, 0) is 47.9 Å². The van der Waals surface area contributed by atoms with E-state index < -0.39 is 17.8 Å². The minimum atomic E-state index is -4.38. The third-order valence-corrected chi connectivity index (χ3v) is 3.61. The van der Waals surface area contributed by atoms with Gasteiger partial charge in [0.15, 0.2) is 0 Å². The van der Waals surface area contributed by atoms with Crippen LogP contribution in [0.4, 0.5) is 17.6 Å². The van der Waals surface area contributed by atoms with Crippen molar-refractivity contribution in [2.75, 3.05) is 0 Å². The molecule has 1 nitrogen and oxygen atoms in total. The predicted octanol–water partition coefficient (Wildman–Crippen LogP) is 4.85. The fourth-order valence-corrected chi connectivity index (χ4v) is 2.38. The second-order valence-corrected chi connectivity index (χ2v) is 5.58. The zero-order valence-electron chi connectivity index (χ0n) is 10.8. The molecule has 0 radical (unpaired) electrons. The summed E-state index contributed by atoms with van der Waals surface area (Å²) in [5, 5.41) is 0. The number of nitrogens with two attached hydrogens (primary N) is 1. The molecule has 21 heavy (non-hydrogen) atoms. The van der Waals surface area contributed by atoms with E-state index >= 15 is 0 Å². The Labute approximate surface area is 127 Å². The molecule has 6 heteroatoms. The lowest BCUT2D eigenvalue weighted by Gasteiger charge is -2.14. The summed E-state index contributed by atoms with van der Waals surface area (Å²) in [6, 6.07) is 8.53. The standard InChI is InChI=1S/C15H12BrF4N/c16-12-5-6-13(17)10(7-12)8-14(21)9-1-3-11(4-2-9)15(18,19)20/h1-7,14H,8,21H2. The van der Waals surface area contributed by atoms with E-state index in [1.807, 2.05) is 0 Å². The van der Waals surface area contributed by atoms with E-state index in [-0.39, 0.29) is 12.2 Å². The van der Waals surface area contributed by atoms with Gasteiger partial charge in [-0.25, -0.2) is 4.39 Å². The first-order valence-electron chi connectivity index (χ1n) is 6.14. The number of hydrogen-bond acceptors (Lipinski definition) is 1. The Hall–Kier alpha value is -1.40. The molecular weight excluding hydrogens is 350 g/mol. The molecule has 2 aromatic rings. The second kappa shape index (κ2) is 6.15. The summed E-state index contributed by atoms with van der Waals surface area (Å²) in [7, 11) is 0. The summed E-state index contributed by atoms with van der Waals surface area (Å²) < 4.78 is 51.8. The van der Waals surface area contributed by atoms with Gasteiger partial charge in [-0.2, -0.15) is 13.2 Å². The lowest BCUT2D eigenvalue weighted by atomic mass is 9.98. The lowest BCUT2D eigenvalue weighted by molar-refractivity contribution is -0.137. The van der Waals surface area contributed by atoms with Crippen LogP contribution in [0.5, 0.6) is 0 Å². The molecule has 0 aliphatic rings. The van der Waals surface area contributed by atoms with Gasteiger partial charge in [-0.3, -0.25) is 0 Å². The van der Waals surface area contributed by atoms with Crippen LogP contribution in [0.25, 0.3) is 0 Å². The Morgan fingerprint density at radius 2 is 1.67 bits per heavy atom. The normalized spacial score (nSPS) is 13.2. The van der Waals surface area contributed by atoms with Crippen LogP contribution in [-0.4, -0.2) is 0 Å². The molecule has 2 rings (SSSR count). The molecule has 0 spiro atoms. The quantitative estimate of drug-likeness (QED) is 0.777. The van der Waals surface area contributed by atoms with Crippen molar-refractivity contribution in [3.8, 4) is 0 Å². The van der Waals surface area contributed by atoms with Crippen molar-refractivity contribution in [2.45, 2.75) is 18.6 Å². The Morgan fingerprint density at radius 1 is 1.05 bits per heavy atom. The van der Waals surface area contributed by atoms with Gasteiger partial charge in [-0.1, -0.05) is 28.1 Å². The van der Waals surface area contributed by atoms with Crippen LogP contribution in [0.15, 0.2) is 46.9 Å². The van der Waals surface area contributed by atoms with E-state index in [0.29, 0.717) is 11.1 Å². The number of rotatable bonds is 3. The van der Waals surface area contributed by atoms with E-state index in [2.05, 4.69) is 15.9 Å². The maximum absolute atomic E-state index is 13.6. The zero-order valence-corrected chi connectivity index (χ0v) is 12.4. The molecular formula is C15H12BrF4N. The zero-order chi connectivity index (χ0) is 15.6. The highest BCUT2D eigenvalue weighted by Gasteiger charge is 2.30. The van der Waals surface area contributed by atoms with Gasteiger partial charge in [0.25, 0.3) is 0 Å². The van der Waals surface area contributed by atoms with Crippen molar-refractivity contribution >= 4 is 15.9 Å². The van der Waals surface area contributed by atoms with Crippen molar-refractivity contribution < 1.29 is 17.6 Å². The molecule has 2 aromatic carbocycles. The van der Waals surface area contributed by atoms with Crippen LogP contribution in [0.3, 0.4) is 0 Å². The summed E-state index contributed by atoms with van der Waals surface area (Å²) in [5.41, 5.74) is 6.16. The molecule has 1 atom stereocenters. The first-order chi connectivity index (χ1) is 9.77. The lowest BCUT2D eigenvalue weighted by Crippen LogP contribution is -2.15. The average molecular weight is 362 g/mol. The third-order valence-electron chi connectivity index (χ3n) is 3.11. The molecule has 0 aliphatic heterocycles. The fraction of sp³-hybridized carbons (Fsp3) is 0.200. The maximum atomic E-state index is 13.6. The highest BCUT2D eigenvalue weighted by molar-refractivity contribution is 9.10. The van der Waals surface area contributed by atoms with Gasteiger partial charge in [0, 0.05) is 10.5 Å². The minimum Gasteiger partial charge on any atom is -0.324 e. The fourth-order valence-electron chi connectivity index (χ4n) is 1.97. The molecule has 0 aliphatic carbocycles. The summed E-state index contributed by atoms with van der Waals surface area (Å²) >= 11 is 3.24. The molecule has 1 unspecified atom stereocenters. The minimum absolute atomic E-state index is 0.205. The van der Waals surface area contributed by atoms with Crippen molar-refractivity contribution in [1.82, 2.24) is 0 Å². The number of benzene rings is 2. The Bertz CT molecular complexity index is 623. The largest absolute Gasteiger partial charge is 0.416 e. The van der Waals surface area contributed by atoms with Gasteiger partial charge >= 0.3 is 6.18 Å². The smallest absolute Gasteiger partial charge is 0.324 e. The Kier molecular flexibility index (Phi) is 4.68. The monoisotopic (exact) mass is 361 g/mol. The van der Waals surface area contributed by atoms with Crippen LogP contribution >= 0.6 is 15.9 Å². The molecule has 112 valence electrons. The second-order valence-electron chi connectivity index (χ2n) is 4.67. The van der Waals surface area contributed by atoms with E-state index in [9.17, 15) is 17.6 Å². The molecule has 0 fully saturated rings. The van der Waals surface area contributed by atoms with E-state index in [0.717, 1.165) is 16.6 Å². The van der Waals surface area contributed by atoms with E-state index in [1.54, 1.807) is 12.1 Å². The first kappa shape index (κ1) is 16.0. The number of hydrogen-bond donors (Lipinski definition) is 1. The maximum Gasteiger partial charge on any atom is 0.416 e. The molecule has 2 N–H and O–H groups in total. The van der Waals surface area contributed by atoms with Gasteiger partial charge in [-0.15, -0.1) is 0 Å². The van der Waals surface area contributed by atoms with Crippen LogP contribution in [0.2, 0.25) is 0 Å². The number of halogens is 5. The van der Waals surface area contributed by atoms with Crippen LogP contribution in [-0.2, 0) is 12.6 Å². The Morgan fingerprint density at radius 3 is 2.24 bits per heavy atom. The summed E-state index contributed by atoms with van der Waals surface area (Å²) in [6.07, 6.45) is -4.17. The third kappa shape index (κ3) is 4.04. The van der Waals surface area contributed by atoms with Crippen LogP contribution in [0.1, 0.15) is 22.7 Å². The van der Waals surface area contributed by atoms with Gasteiger partial charge < -0.3 is 5.73 Å². The van der Waals surface area contributed by atoms with E-state index in [1.165, 1.54) is 18.2 Å². The molecule has 0 heterocycles. The summed E-state index contributed by atoms with van der Waals surface area (Å²) in [4.78, 5) is 0. The molecule has 0 aromatic heterocycles. The summed E-state index contributed by atoms with van der Waals surface area (Å²) in [5.74, 6) is -0.388. The molecule has 0 amide bonds. The summed E-state index contributed by atoms with van der Waals surface area (Å²) in [6.45, 7) is 0. The van der Waals surface area contributed by atoms with Gasteiger partial charge in [0.05, 0.1) is 5.56 Å². The Balaban J connectivity index is 2.17. The van der Waals surface area contributed by atoms with Crippen LogP contribution < -0.4 is 5.73 Å². The highest BCUT2D eigenvalue weighted by Crippen LogP contribution is 2.30. The average Bonchev–Trinajstić information content (AvgIpc) is 2.42. The predicted molar refractivity (Wildman–Crippen MR) is 76.2 cm³/mol. The molecule has 0 saturated carbocycles. The topological polar surface area (TPSA) is 26.0 Å². The highest BCUT2D eigenvalue weighted by atomic mass is 79.9. The molecule has 0 bridgehead atoms. The van der Waals surface area contributed by atoms with Crippen molar-refractivity contribution in [3.05, 3.63) is 69.4 Å². The number of alkyl halides is 3. The van der Waals surface area contributed by atoms with Gasteiger partial charge in [0.1, 0.15) is 5.82 Å². The van der Waals surface area contributed by atoms with Crippen molar-refractivity contribution in [2.24, 2.45) is 5.73 Å².